The number of hydrogen-bond acceptors (Lipinski definition) is 3. The SMILES string of the molecule is CCC(CC)NCC(C)N(C)C1CCOC1C. The highest BCUT2D eigenvalue weighted by molar-refractivity contribution is 4.84. The van der Waals surface area contributed by atoms with Gasteiger partial charge in [0.1, 0.15) is 0 Å². The summed E-state index contributed by atoms with van der Waals surface area (Å²) in [6.07, 6.45) is 3.99. The minimum Gasteiger partial charge on any atom is -0.377 e. The zero-order chi connectivity index (χ0) is 12.8. The van der Waals surface area contributed by atoms with Crippen LogP contribution in [0, 0.1) is 0 Å². The lowest BCUT2D eigenvalue weighted by Crippen LogP contribution is -2.48. The van der Waals surface area contributed by atoms with E-state index < -0.39 is 0 Å². The van der Waals surface area contributed by atoms with E-state index in [0.717, 1.165) is 13.2 Å². The van der Waals surface area contributed by atoms with Gasteiger partial charge < -0.3 is 10.1 Å². The van der Waals surface area contributed by atoms with Crippen LogP contribution in [0.4, 0.5) is 0 Å². The Hall–Kier alpha value is -0.120. The van der Waals surface area contributed by atoms with Gasteiger partial charge in [-0.25, -0.2) is 0 Å². The van der Waals surface area contributed by atoms with Crippen LogP contribution in [-0.4, -0.2) is 49.3 Å². The first-order valence-electron chi connectivity index (χ1n) is 7.17. The lowest BCUT2D eigenvalue weighted by molar-refractivity contribution is 0.0698. The molecule has 1 saturated heterocycles. The predicted octanol–water partition coefficient (Wildman–Crippen LogP) is 2.26. The van der Waals surface area contributed by atoms with E-state index in [9.17, 15) is 0 Å². The molecule has 3 unspecified atom stereocenters. The van der Waals surface area contributed by atoms with Crippen molar-refractivity contribution in [2.75, 3.05) is 20.2 Å². The maximum atomic E-state index is 5.64. The molecule has 1 aliphatic rings. The Bertz CT molecular complexity index is 206. The van der Waals surface area contributed by atoms with Crippen molar-refractivity contribution in [1.82, 2.24) is 10.2 Å². The lowest BCUT2D eigenvalue weighted by Gasteiger charge is -2.33. The van der Waals surface area contributed by atoms with Crippen LogP contribution in [0.15, 0.2) is 0 Å². The quantitative estimate of drug-likeness (QED) is 0.741. The molecule has 0 radical (unpaired) electrons. The third-order valence-corrected chi connectivity index (χ3v) is 4.24. The molecule has 1 rings (SSSR count). The molecular formula is C14H30N2O. The molecule has 3 nitrogen and oxygen atoms in total. The zero-order valence-corrected chi connectivity index (χ0v) is 12.2. The van der Waals surface area contributed by atoms with Crippen LogP contribution in [0.3, 0.4) is 0 Å². The standard InChI is InChI=1S/C14H30N2O/c1-6-13(7-2)15-10-11(3)16(5)14-8-9-17-12(14)4/h11-15H,6-10H2,1-5H3. The number of likely N-dealkylation sites (N-methyl/N-ethyl adjacent to an activating group) is 1. The molecule has 1 heterocycles. The molecule has 1 aliphatic heterocycles. The molecule has 0 saturated carbocycles. The molecule has 17 heavy (non-hydrogen) atoms. The van der Waals surface area contributed by atoms with Crippen molar-refractivity contribution in [3.63, 3.8) is 0 Å². The third kappa shape index (κ3) is 4.23. The monoisotopic (exact) mass is 242 g/mol. The highest BCUT2D eigenvalue weighted by Gasteiger charge is 2.30. The maximum Gasteiger partial charge on any atom is 0.0703 e. The Kier molecular flexibility index (Phi) is 6.45. The Morgan fingerprint density at radius 3 is 2.47 bits per heavy atom. The molecule has 0 aliphatic carbocycles. The predicted molar refractivity (Wildman–Crippen MR) is 73.4 cm³/mol. The molecule has 0 bridgehead atoms. The molecule has 0 amide bonds. The van der Waals surface area contributed by atoms with Gasteiger partial charge >= 0.3 is 0 Å². The summed E-state index contributed by atoms with van der Waals surface area (Å²) >= 11 is 0. The first-order valence-corrected chi connectivity index (χ1v) is 7.17. The van der Waals surface area contributed by atoms with Gasteiger partial charge in [0, 0.05) is 31.3 Å². The Balaban J connectivity index is 2.33. The minimum absolute atomic E-state index is 0.385. The fourth-order valence-corrected chi connectivity index (χ4v) is 2.64. The van der Waals surface area contributed by atoms with Crippen molar-refractivity contribution < 1.29 is 4.74 Å². The number of ether oxygens (including phenoxy) is 1. The van der Waals surface area contributed by atoms with E-state index in [1.54, 1.807) is 0 Å². The molecule has 0 aromatic heterocycles. The topological polar surface area (TPSA) is 24.5 Å². The van der Waals surface area contributed by atoms with E-state index in [1.807, 2.05) is 0 Å². The van der Waals surface area contributed by atoms with Crippen molar-refractivity contribution >= 4 is 0 Å². The Labute approximate surface area is 107 Å². The summed E-state index contributed by atoms with van der Waals surface area (Å²) in [4.78, 5) is 2.48. The van der Waals surface area contributed by atoms with Crippen LogP contribution in [-0.2, 0) is 4.74 Å². The molecule has 3 atom stereocenters. The summed E-state index contributed by atoms with van der Waals surface area (Å²) in [6.45, 7) is 11.0. The van der Waals surface area contributed by atoms with Gasteiger partial charge in [0.25, 0.3) is 0 Å². The van der Waals surface area contributed by atoms with E-state index in [1.165, 1.54) is 19.3 Å². The molecule has 3 heteroatoms. The second kappa shape index (κ2) is 7.34. The van der Waals surface area contributed by atoms with Gasteiger partial charge in [-0.05, 0) is 40.2 Å². The van der Waals surface area contributed by atoms with Gasteiger partial charge in [-0.2, -0.15) is 0 Å². The average Bonchev–Trinajstić information content (AvgIpc) is 2.75. The van der Waals surface area contributed by atoms with Crippen molar-refractivity contribution in [3.05, 3.63) is 0 Å². The van der Waals surface area contributed by atoms with E-state index >= 15 is 0 Å². The van der Waals surface area contributed by atoms with Gasteiger partial charge in [0.05, 0.1) is 6.10 Å². The first kappa shape index (κ1) is 14.9. The molecule has 1 N–H and O–H groups in total. The minimum atomic E-state index is 0.385. The fraction of sp³-hybridized carbons (Fsp3) is 1.00. The van der Waals surface area contributed by atoms with Gasteiger partial charge in [-0.3, -0.25) is 4.90 Å². The summed E-state index contributed by atoms with van der Waals surface area (Å²) in [5, 5.41) is 3.66. The normalized spacial score (nSPS) is 27.0. The third-order valence-electron chi connectivity index (χ3n) is 4.24. The fourth-order valence-electron chi connectivity index (χ4n) is 2.64. The second-order valence-corrected chi connectivity index (χ2v) is 5.37. The van der Waals surface area contributed by atoms with Crippen molar-refractivity contribution in [3.8, 4) is 0 Å². The van der Waals surface area contributed by atoms with E-state index in [-0.39, 0.29) is 0 Å². The second-order valence-electron chi connectivity index (χ2n) is 5.37. The number of hydrogen-bond donors (Lipinski definition) is 1. The molecular weight excluding hydrogens is 212 g/mol. The van der Waals surface area contributed by atoms with Crippen molar-refractivity contribution in [1.29, 1.82) is 0 Å². The number of nitrogens with one attached hydrogen (secondary N) is 1. The van der Waals surface area contributed by atoms with Gasteiger partial charge in [0.2, 0.25) is 0 Å². The van der Waals surface area contributed by atoms with Crippen LogP contribution < -0.4 is 5.32 Å². The van der Waals surface area contributed by atoms with Gasteiger partial charge in [0.15, 0.2) is 0 Å². The van der Waals surface area contributed by atoms with Crippen molar-refractivity contribution in [2.45, 2.75) is 71.2 Å². The lowest BCUT2D eigenvalue weighted by atomic mass is 10.1. The van der Waals surface area contributed by atoms with Crippen LogP contribution in [0.2, 0.25) is 0 Å². The van der Waals surface area contributed by atoms with Crippen LogP contribution >= 0.6 is 0 Å². The smallest absolute Gasteiger partial charge is 0.0703 e. The highest BCUT2D eigenvalue weighted by atomic mass is 16.5. The summed E-state index contributed by atoms with van der Waals surface area (Å²) in [7, 11) is 2.23. The molecule has 1 fully saturated rings. The van der Waals surface area contributed by atoms with Crippen molar-refractivity contribution in [2.24, 2.45) is 0 Å². The Morgan fingerprint density at radius 1 is 1.35 bits per heavy atom. The molecule has 0 aromatic carbocycles. The summed E-state index contributed by atoms with van der Waals surface area (Å²) in [6, 6.07) is 1.83. The molecule has 0 aromatic rings. The zero-order valence-electron chi connectivity index (χ0n) is 12.2. The van der Waals surface area contributed by atoms with Gasteiger partial charge in [-0.15, -0.1) is 0 Å². The summed E-state index contributed by atoms with van der Waals surface area (Å²) in [5.74, 6) is 0. The maximum absolute atomic E-state index is 5.64. The molecule has 0 spiro atoms. The van der Waals surface area contributed by atoms with Crippen LogP contribution in [0.1, 0.15) is 47.0 Å². The average molecular weight is 242 g/mol. The number of nitrogens with zero attached hydrogens (tertiary/aromatic N) is 1. The van der Waals surface area contributed by atoms with E-state index in [0.29, 0.717) is 24.2 Å². The van der Waals surface area contributed by atoms with Crippen LogP contribution in [0.5, 0.6) is 0 Å². The number of rotatable bonds is 7. The van der Waals surface area contributed by atoms with Crippen LogP contribution in [0.25, 0.3) is 0 Å². The highest BCUT2D eigenvalue weighted by Crippen LogP contribution is 2.19. The van der Waals surface area contributed by atoms with E-state index in [4.69, 9.17) is 4.74 Å². The summed E-state index contributed by atoms with van der Waals surface area (Å²) in [5.41, 5.74) is 0. The first-order chi connectivity index (χ1) is 8.10. The van der Waals surface area contributed by atoms with E-state index in [2.05, 4.69) is 45.0 Å². The largest absolute Gasteiger partial charge is 0.377 e. The molecule has 102 valence electrons. The summed E-state index contributed by atoms with van der Waals surface area (Å²) < 4.78 is 5.64. The van der Waals surface area contributed by atoms with Gasteiger partial charge in [-0.1, -0.05) is 13.8 Å². The Morgan fingerprint density at radius 2 is 2.00 bits per heavy atom.